The van der Waals surface area contributed by atoms with Crippen molar-refractivity contribution in [3.63, 3.8) is 0 Å². The summed E-state index contributed by atoms with van der Waals surface area (Å²) in [6.45, 7) is 1.51. The third-order valence-electron chi connectivity index (χ3n) is 9.83. The molecule has 9 nitrogen and oxygen atoms in total. The molecule has 0 atom stereocenters. The molecule has 5 N–H and O–H groups in total. The highest BCUT2D eigenvalue weighted by molar-refractivity contribution is 5.90. The molecule has 0 aliphatic heterocycles. The highest BCUT2D eigenvalue weighted by atomic mass is 16.1. The lowest BCUT2D eigenvalue weighted by molar-refractivity contribution is -0.114. The molecule has 8 rings (SSSR count). The molecule has 2 aromatic heterocycles. The molecule has 9 heteroatoms. The summed E-state index contributed by atoms with van der Waals surface area (Å²) in [6.07, 6.45) is 3.86. The Morgan fingerprint density at radius 1 is 0.564 bits per heavy atom. The van der Waals surface area contributed by atoms with Gasteiger partial charge in [-0.1, -0.05) is 72.8 Å². The van der Waals surface area contributed by atoms with Gasteiger partial charge in [-0.05, 0) is 110 Å². The molecule has 0 radical (unpaired) electrons. The minimum atomic E-state index is -0.0780. The molecule has 8 aromatic rings. The van der Waals surface area contributed by atoms with Crippen LogP contribution in [0.15, 0.2) is 146 Å². The molecule has 0 fully saturated rings. The number of rotatable bonds is 11. The molecule has 0 saturated heterocycles. The number of aromatic amines is 2. The molecule has 0 saturated carbocycles. The fraction of sp³-hybridized carbons (Fsp3) is 0.152. The molecule has 0 unspecified atom stereocenters. The zero-order valence-electron chi connectivity index (χ0n) is 31.5. The van der Waals surface area contributed by atoms with Crippen molar-refractivity contribution in [1.82, 2.24) is 20.4 Å². The lowest BCUT2D eigenvalue weighted by Crippen LogP contribution is -2.11. The third-order valence-corrected chi connectivity index (χ3v) is 9.83. The summed E-state index contributed by atoms with van der Waals surface area (Å²) in [4.78, 5) is 15.5. The van der Waals surface area contributed by atoms with Crippen LogP contribution in [0.1, 0.15) is 29.4 Å². The Morgan fingerprint density at radius 3 is 1.53 bits per heavy atom. The maximum atomic E-state index is 11.3. The summed E-state index contributed by atoms with van der Waals surface area (Å²) in [7, 11) is 4.05. The largest absolute Gasteiger partial charge is 0.399 e. The molecule has 0 bridgehead atoms. The Hall–Kier alpha value is -6.87. The van der Waals surface area contributed by atoms with Crippen molar-refractivity contribution >= 4 is 61.8 Å². The first-order valence-electron chi connectivity index (χ1n) is 18.5. The average Bonchev–Trinajstić information content (AvgIpc) is 3.82. The Bertz CT molecular complexity index is 2510. The van der Waals surface area contributed by atoms with Gasteiger partial charge >= 0.3 is 0 Å². The van der Waals surface area contributed by atoms with Gasteiger partial charge in [0.25, 0.3) is 0 Å². The van der Waals surface area contributed by atoms with Gasteiger partial charge in [0.1, 0.15) is 0 Å². The number of nitrogens with two attached hydrogens (primary N) is 1. The van der Waals surface area contributed by atoms with Crippen LogP contribution in [0.2, 0.25) is 0 Å². The number of amides is 1. The first kappa shape index (κ1) is 36.5. The summed E-state index contributed by atoms with van der Waals surface area (Å²) < 4.78 is 0. The van der Waals surface area contributed by atoms with E-state index in [1.165, 1.54) is 29.1 Å². The number of hydrogen-bond acceptors (Lipinski definition) is 6. The quantitative estimate of drug-likeness (QED) is 0.0986. The number of fused-ring (bicyclic) bond motifs is 2. The number of nitrogens with zero attached hydrogens (tertiary/aromatic N) is 4. The van der Waals surface area contributed by atoms with E-state index in [-0.39, 0.29) is 5.91 Å². The zero-order valence-corrected chi connectivity index (χ0v) is 31.5. The lowest BCUT2D eigenvalue weighted by Gasteiger charge is -2.20. The number of H-pyrrole nitrogens is 2. The Labute approximate surface area is 321 Å². The van der Waals surface area contributed by atoms with Crippen LogP contribution in [0.3, 0.4) is 0 Å². The summed E-state index contributed by atoms with van der Waals surface area (Å²) in [5, 5.41) is 20.6. The van der Waals surface area contributed by atoms with Crippen LogP contribution in [-0.2, 0) is 30.5 Å². The van der Waals surface area contributed by atoms with Crippen LogP contribution < -0.4 is 20.9 Å². The van der Waals surface area contributed by atoms with Crippen LogP contribution in [0, 0.1) is 0 Å². The number of anilines is 6. The monoisotopic (exact) mass is 726 g/mol. The number of carbonyl (C=O) groups is 1. The van der Waals surface area contributed by atoms with Crippen LogP contribution in [-0.4, -0.2) is 40.4 Å². The highest BCUT2D eigenvalue weighted by Crippen LogP contribution is 2.31. The number of carbonyl (C=O) groups excluding carboxylic acids is 1. The van der Waals surface area contributed by atoms with E-state index in [9.17, 15) is 4.79 Å². The second kappa shape index (κ2) is 16.9. The Morgan fingerprint density at radius 2 is 1.04 bits per heavy atom. The minimum absolute atomic E-state index is 0.0780. The Kier molecular flexibility index (Phi) is 11.2. The van der Waals surface area contributed by atoms with Crippen LogP contribution >= 0.6 is 0 Å². The molecule has 0 aliphatic carbocycles. The molecule has 6 aromatic carbocycles. The third kappa shape index (κ3) is 9.03. The van der Waals surface area contributed by atoms with E-state index < -0.39 is 0 Å². The summed E-state index contributed by atoms with van der Waals surface area (Å²) in [6, 6.07) is 49.4. The van der Waals surface area contributed by atoms with Gasteiger partial charge < -0.3 is 20.9 Å². The standard InChI is InChI=1S/C24H24N4O.C22H22N4/c1-17(29)25-19-9-6-10-20(15-19)28(2)21-12-13-22-23(26-27-24(22)16-21)14-11-18-7-4-3-5-8-18;1-26(18-9-5-8-17(23)14-18)19-11-12-20-21(24-25-22(20)15-19)13-10-16-6-3-2-4-7-16/h3-10,12-13,15-16H,11,14H2,1-2H3,(H,25,29)(H,26,27);2-9,11-12,14-15H,10,13,23H2,1H3,(H,24,25). The van der Waals surface area contributed by atoms with Crippen molar-refractivity contribution in [1.29, 1.82) is 0 Å². The summed E-state index contributed by atoms with van der Waals surface area (Å²) in [5.41, 5.74) is 18.6. The molecule has 0 aliphatic rings. The molecule has 2 heterocycles. The molecule has 0 spiro atoms. The second-order valence-electron chi connectivity index (χ2n) is 13.7. The van der Waals surface area contributed by atoms with E-state index in [0.717, 1.165) is 81.9 Å². The number of aryl methyl sites for hydroxylation is 4. The molecule has 1 amide bonds. The Balaban J connectivity index is 0.000000170. The first-order valence-corrected chi connectivity index (χ1v) is 18.5. The van der Waals surface area contributed by atoms with Crippen LogP contribution in [0.4, 0.5) is 34.1 Å². The van der Waals surface area contributed by atoms with Gasteiger partial charge in [-0.25, -0.2) is 0 Å². The fourth-order valence-electron chi connectivity index (χ4n) is 6.76. The highest BCUT2D eigenvalue weighted by Gasteiger charge is 2.12. The van der Waals surface area contributed by atoms with Crippen molar-refractivity contribution in [3.8, 4) is 0 Å². The van der Waals surface area contributed by atoms with Gasteiger partial charge in [0.15, 0.2) is 0 Å². The summed E-state index contributed by atoms with van der Waals surface area (Å²) >= 11 is 0. The number of benzene rings is 6. The molecular formula is C46H46N8O. The van der Waals surface area contributed by atoms with E-state index in [0.29, 0.717) is 0 Å². The average molecular weight is 727 g/mol. The number of aromatic nitrogens is 4. The van der Waals surface area contributed by atoms with Crippen molar-refractivity contribution in [2.45, 2.75) is 32.6 Å². The number of nitrogens with one attached hydrogen (secondary N) is 3. The SMILES string of the molecule is CC(=O)Nc1cccc(N(C)c2ccc3c(CCc4ccccc4)[nH]nc3c2)c1.CN(c1cccc(N)c1)c1ccc2c(CCc3ccccc3)[nH]nc2c1. The van der Waals surface area contributed by atoms with E-state index in [1.807, 2.05) is 68.7 Å². The second-order valence-corrected chi connectivity index (χ2v) is 13.7. The predicted octanol–water partition coefficient (Wildman–Crippen LogP) is 9.77. The normalized spacial score (nSPS) is 10.9. The van der Waals surface area contributed by atoms with Gasteiger partial charge in [0.05, 0.1) is 11.0 Å². The van der Waals surface area contributed by atoms with Crippen molar-refractivity contribution < 1.29 is 4.79 Å². The van der Waals surface area contributed by atoms with E-state index in [2.05, 4.69) is 127 Å². The van der Waals surface area contributed by atoms with E-state index in [4.69, 9.17) is 5.73 Å². The van der Waals surface area contributed by atoms with Crippen molar-refractivity contribution in [2.24, 2.45) is 0 Å². The zero-order chi connectivity index (χ0) is 38.1. The van der Waals surface area contributed by atoms with Crippen LogP contribution in [0.25, 0.3) is 21.8 Å². The first-order chi connectivity index (χ1) is 26.8. The molecular weight excluding hydrogens is 681 g/mol. The topological polar surface area (TPSA) is 119 Å². The molecule has 55 heavy (non-hydrogen) atoms. The minimum Gasteiger partial charge on any atom is -0.399 e. The van der Waals surface area contributed by atoms with Gasteiger partial charge in [0, 0.05) is 77.3 Å². The van der Waals surface area contributed by atoms with Gasteiger partial charge in [-0.3, -0.25) is 15.0 Å². The molecule has 276 valence electrons. The maximum Gasteiger partial charge on any atom is 0.221 e. The van der Waals surface area contributed by atoms with Gasteiger partial charge in [0.2, 0.25) is 5.91 Å². The lowest BCUT2D eigenvalue weighted by atomic mass is 10.1. The number of hydrogen-bond donors (Lipinski definition) is 4. The summed E-state index contributed by atoms with van der Waals surface area (Å²) in [5.74, 6) is -0.0780. The van der Waals surface area contributed by atoms with Crippen molar-refractivity contribution in [2.75, 3.05) is 34.9 Å². The predicted molar refractivity (Wildman–Crippen MR) is 228 cm³/mol. The van der Waals surface area contributed by atoms with Gasteiger partial charge in [-0.2, -0.15) is 10.2 Å². The van der Waals surface area contributed by atoms with Gasteiger partial charge in [-0.15, -0.1) is 0 Å². The smallest absolute Gasteiger partial charge is 0.221 e. The van der Waals surface area contributed by atoms with E-state index in [1.54, 1.807) is 0 Å². The van der Waals surface area contributed by atoms with Crippen molar-refractivity contribution in [3.05, 3.63) is 168 Å². The van der Waals surface area contributed by atoms with Crippen LogP contribution in [0.5, 0.6) is 0 Å². The van der Waals surface area contributed by atoms with E-state index >= 15 is 0 Å². The number of nitrogen functional groups attached to an aromatic ring is 1. The fourth-order valence-corrected chi connectivity index (χ4v) is 6.76. The maximum absolute atomic E-state index is 11.3.